The number of rotatable bonds is 20. The largest absolute Gasteiger partial charge is 0.497 e. The van der Waals surface area contributed by atoms with E-state index >= 15 is 0 Å². The minimum absolute atomic E-state index is 0.00213. The molecule has 15 heteroatoms. The van der Waals surface area contributed by atoms with E-state index < -0.39 is 44.7 Å². The third kappa shape index (κ3) is 9.58. The lowest BCUT2D eigenvalue weighted by molar-refractivity contribution is -0.105. The predicted molar refractivity (Wildman–Crippen MR) is 242 cm³/mol. The molecule has 14 nitrogen and oxygen atoms in total. The number of urea groups is 1. The summed E-state index contributed by atoms with van der Waals surface area (Å²) in [6, 6.07) is 27.7. The molecule has 8 atom stereocenters. The van der Waals surface area contributed by atoms with Crippen molar-refractivity contribution in [1.82, 2.24) is 14.9 Å². The maximum Gasteiger partial charge on any atom is 0.329 e. The standard InChI is InChI=1S/C49H60N5O9P/c1-32(2)54(33(3)4)64(61-25-10-24-50)63-44-43(31-59-49(38-11-8-7-9-12-38,39-15-19-41(56-5)20-16-39)40-17-21-42(57-6)22-18-40)62-47(45(44)58-30-37-28-34-13-14-35(37)27-34)53-29-36-23-26-60-52-46(36)51-48(53)55/h7-9,11-22,29,32-35,37,43-45,47H,10,23,25-28,30-31H2,1-6H3,(H,51,52,55)/t34?,35?,37?,43-,44-,45-,47-,64?/m1/s1. The Morgan fingerprint density at radius 3 is 2.17 bits per heavy atom. The van der Waals surface area contributed by atoms with E-state index in [-0.39, 0.29) is 31.7 Å². The van der Waals surface area contributed by atoms with Gasteiger partial charge in [0.1, 0.15) is 42.0 Å². The molecule has 1 saturated heterocycles. The van der Waals surface area contributed by atoms with Crippen molar-refractivity contribution in [1.29, 1.82) is 5.26 Å². The number of amidine groups is 1. The van der Waals surface area contributed by atoms with Gasteiger partial charge in [0, 0.05) is 30.3 Å². The van der Waals surface area contributed by atoms with Crippen molar-refractivity contribution in [2.24, 2.45) is 22.9 Å². The monoisotopic (exact) mass is 893 g/mol. The number of amides is 2. The van der Waals surface area contributed by atoms with Crippen molar-refractivity contribution in [3.63, 3.8) is 0 Å². The molecule has 2 aliphatic carbocycles. The van der Waals surface area contributed by atoms with E-state index in [1.807, 2.05) is 66.7 Å². The molecule has 64 heavy (non-hydrogen) atoms. The van der Waals surface area contributed by atoms with Gasteiger partial charge in [0.2, 0.25) is 0 Å². The summed E-state index contributed by atoms with van der Waals surface area (Å²) in [4.78, 5) is 21.1. The number of nitrogens with one attached hydrogen (secondary N) is 1. The molecular formula is C49H60N5O9P. The average Bonchev–Trinajstić information content (AvgIpc) is 4.04. The molecule has 0 radical (unpaired) electrons. The minimum Gasteiger partial charge on any atom is -0.497 e. The van der Waals surface area contributed by atoms with Crippen LogP contribution in [0.15, 0.2) is 108 Å². The van der Waals surface area contributed by atoms with Crippen molar-refractivity contribution in [3.05, 3.63) is 119 Å². The fourth-order valence-electron chi connectivity index (χ4n) is 9.62. The molecule has 5 aliphatic rings. The van der Waals surface area contributed by atoms with E-state index in [0.717, 1.165) is 35.1 Å². The third-order valence-corrected chi connectivity index (χ3v) is 14.8. The van der Waals surface area contributed by atoms with E-state index in [4.69, 9.17) is 37.6 Å². The molecule has 2 fully saturated rings. The Morgan fingerprint density at radius 1 is 0.906 bits per heavy atom. The van der Waals surface area contributed by atoms with E-state index in [2.05, 4.69) is 73.2 Å². The zero-order valence-electron chi connectivity index (χ0n) is 37.5. The van der Waals surface area contributed by atoms with E-state index in [1.165, 1.54) is 0 Å². The zero-order chi connectivity index (χ0) is 44.8. The number of oxime groups is 1. The van der Waals surface area contributed by atoms with Crippen LogP contribution in [0.2, 0.25) is 0 Å². The molecule has 1 N–H and O–H groups in total. The quantitative estimate of drug-likeness (QED) is 0.0504. The summed E-state index contributed by atoms with van der Waals surface area (Å²) in [7, 11) is 1.50. The number of carbonyl (C=O) groups excluding carboxylic acids is 1. The van der Waals surface area contributed by atoms with Crippen molar-refractivity contribution in [3.8, 4) is 17.6 Å². The van der Waals surface area contributed by atoms with Gasteiger partial charge in [0.05, 0.1) is 46.5 Å². The summed E-state index contributed by atoms with van der Waals surface area (Å²) in [5.41, 5.74) is 2.24. The Bertz CT molecular complexity index is 2120. The number of nitriles is 1. The molecule has 3 aromatic carbocycles. The Kier molecular flexibility index (Phi) is 14.7. The lowest BCUT2D eigenvalue weighted by atomic mass is 9.80. The molecule has 3 heterocycles. The molecule has 1 saturated carbocycles. The van der Waals surface area contributed by atoms with Gasteiger partial charge in [-0.15, -0.1) is 0 Å². The van der Waals surface area contributed by atoms with Crippen LogP contribution in [0.4, 0.5) is 4.79 Å². The average molecular weight is 894 g/mol. The molecule has 2 amide bonds. The van der Waals surface area contributed by atoms with Gasteiger partial charge in [-0.25, -0.2) is 9.46 Å². The highest BCUT2D eigenvalue weighted by Gasteiger charge is 2.54. The number of fused-ring (bicyclic) bond motifs is 3. The van der Waals surface area contributed by atoms with Gasteiger partial charge in [-0.1, -0.05) is 71.9 Å². The maximum atomic E-state index is 14.2. The Balaban J connectivity index is 1.24. The van der Waals surface area contributed by atoms with Gasteiger partial charge in [0.25, 0.3) is 8.53 Å². The summed E-state index contributed by atoms with van der Waals surface area (Å²) in [6.45, 7) is 9.43. The second-order valence-corrected chi connectivity index (χ2v) is 18.8. The number of allylic oxidation sites excluding steroid dienone is 2. The van der Waals surface area contributed by atoms with Gasteiger partial charge < -0.3 is 37.6 Å². The molecule has 0 aromatic heterocycles. The lowest BCUT2D eigenvalue weighted by Crippen LogP contribution is -2.54. The number of nitrogens with zero attached hydrogens (tertiary/aromatic N) is 4. The summed E-state index contributed by atoms with van der Waals surface area (Å²) in [5.74, 6) is 3.07. The molecule has 0 spiro atoms. The molecule has 8 rings (SSSR count). The Morgan fingerprint density at radius 2 is 1.58 bits per heavy atom. The highest BCUT2D eigenvalue weighted by atomic mass is 31.2. The number of ether oxygens (including phenoxy) is 5. The smallest absolute Gasteiger partial charge is 0.329 e. The zero-order valence-corrected chi connectivity index (χ0v) is 38.4. The molecule has 3 aromatic rings. The first-order valence-corrected chi connectivity index (χ1v) is 23.5. The Labute approximate surface area is 378 Å². The molecular weight excluding hydrogens is 834 g/mol. The van der Waals surface area contributed by atoms with Crippen LogP contribution in [0.5, 0.6) is 11.5 Å². The first-order chi connectivity index (χ1) is 31.1. The normalized spacial score (nSPS) is 25.5. The van der Waals surface area contributed by atoms with Gasteiger partial charge in [-0.05, 0) is 99.2 Å². The fraction of sp³-hybridized carbons (Fsp3) is 0.490. The third-order valence-electron chi connectivity index (χ3n) is 12.7. The van der Waals surface area contributed by atoms with Gasteiger partial charge in [-0.2, -0.15) is 5.26 Å². The van der Waals surface area contributed by atoms with E-state index in [9.17, 15) is 10.1 Å². The van der Waals surface area contributed by atoms with Crippen LogP contribution in [0.25, 0.3) is 0 Å². The number of methoxy groups -OCH3 is 2. The van der Waals surface area contributed by atoms with Gasteiger partial charge >= 0.3 is 6.03 Å². The number of hydrogen-bond acceptors (Lipinski definition) is 12. The van der Waals surface area contributed by atoms with Crippen LogP contribution in [-0.4, -0.2) is 98.7 Å². The number of benzene rings is 3. The molecule has 340 valence electrons. The van der Waals surface area contributed by atoms with Crippen LogP contribution in [0.3, 0.4) is 0 Å². The van der Waals surface area contributed by atoms with Gasteiger partial charge in [0.15, 0.2) is 12.1 Å². The molecule has 3 aliphatic heterocycles. The SMILES string of the molecule is COc1ccc(C(OC[C@H]2O[C@@H](N3C=C4CCON=C4NC3=O)[C@H](OCC3CC4C=CC3C4)[C@@H]2OP(OCCC#N)N(C(C)C)C(C)C)(c2ccccc2)c2ccc(OC)cc2)cc1. The molecule has 4 unspecified atom stereocenters. The van der Waals surface area contributed by atoms with Crippen molar-refractivity contribution in [2.45, 2.75) is 95.6 Å². The first kappa shape index (κ1) is 45.7. The highest BCUT2D eigenvalue weighted by Crippen LogP contribution is 2.51. The Hall–Kier alpha value is -4.84. The van der Waals surface area contributed by atoms with Crippen molar-refractivity contribution < 1.29 is 42.4 Å². The van der Waals surface area contributed by atoms with Crippen molar-refractivity contribution in [2.75, 3.05) is 40.6 Å². The van der Waals surface area contributed by atoms with Crippen molar-refractivity contribution >= 4 is 20.4 Å². The summed E-state index contributed by atoms with van der Waals surface area (Å²) in [6.07, 6.45) is 6.03. The maximum absolute atomic E-state index is 14.2. The minimum atomic E-state index is -1.79. The van der Waals surface area contributed by atoms with Crippen LogP contribution >= 0.6 is 8.53 Å². The summed E-state index contributed by atoms with van der Waals surface area (Å²) < 4.78 is 49.0. The second kappa shape index (κ2) is 20.6. The van der Waals surface area contributed by atoms with E-state index in [1.54, 1.807) is 25.3 Å². The van der Waals surface area contributed by atoms with Crippen LogP contribution < -0.4 is 14.8 Å². The summed E-state index contributed by atoms with van der Waals surface area (Å²) in [5, 5.41) is 16.6. The van der Waals surface area contributed by atoms with Crippen LogP contribution in [0, 0.1) is 29.1 Å². The van der Waals surface area contributed by atoms with E-state index in [0.29, 0.717) is 54.7 Å². The summed E-state index contributed by atoms with van der Waals surface area (Å²) >= 11 is 0. The topological polar surface area (TPSA) is 146 Å². The lowest BCUT2D eigenvalue weighted by Gasteiger charge is -2.39. The fourth-order valence-corrected chi connectivity index (χ4v) is 11.4. The van der Waals surface area contributed by atoms with Crippen LogP contribution in [-0.2, 0) is 33.7 Å². The first-order valence-electron chi connectivity index (χ1n) is 22.3. The predicted octanol–water partition coefficient (Wildman–Crippen LogP) is 8.64. The van der Waals surface area contributed by atoms with Crippen LogP contribution in [0.1, 0.15) is 70.1 Å². The number of hydrogen-bond donors (Lipinski definition) is 1. The highest BCUT2D eigenvalue weighted by molar-refractivity contribution is 7.44. The van der Waals surface area contributed by atoms with Gasteiger partial charge in [-0.3, -0.25) is 10.2 Å². The molecule has 2 bridgehead atoms. The number of carbonyl (C=O) groups is 1. The second-order valence-electron chi connectivity index (χ2n) is 17.4.